The van der Waals surface area contributed by atoms with E-state index in [0.717, 1.165) is 13.1 Å². The lowest BCUT2D eigenvalue weighted by Gasteiger charge is -2.47. The van der Waals surface area contributed by atoms with Crippen LogP contribution < -0.4 is 15.6 Å². The van der Waals surface area contributed by atoms with E-state index in [2.05, 4.69) is 15.1 Å². The van der Waals surface area contributed by atoms with Crippen LogP contribution >= 0.6 is 0 Å². The van der Waals surface area contributed by atoms with Gasteiger partial charge in [0.15, 0.2) is 28.8 Å². The molecule has 0 aromatic carbocycles. The van der Waals surface area contributed by atoms with Gasteiger partial charge in [0.25, 0.3) is 5.91 Å². The number of aliphatic hydroxyl groups is 5. The number of ketones is 1. The number of carbonyl (C=O) groups is 2. The normalized spacial score (nSPS) is 36.1. The highest BCUT2D eigenvalue weighted by Crippen LogP contribution is 2.56. The second-order valence-corrected chi connectivity index (χ2v) is 18.5. The quantitative estimate of drug-likeness (QED) is 0.257. The third-order valence-corrected chi connectivity index (χ3v) is 14.4. The van der Waals surface area contributed by atoms with Crippen LogP contribution in [0.1, 0.15) is 65.8 Å². The standard InChI is InChI=1S/C48H60N4O13/c1-22-10-9-11-23(2)47(60)50-38-43(58)34-33(37-45(38)64-32-19-28(18-30(53)36(32)49-37)52-20-29(21-52)51-13-16-62-17-14-51)35-44(27(6)42(34)57)65-48(7,46(35)59)63-15-12-31(61-8)24(3)40(55)26(5)41(56)25(4)39(22)54/h9-12,15,18-19,22,24-26,29,31,33-34,39-41,54-56,58-59H,13-14,16-17,20-21H2,1-8H3,(H,50,60)/b10-9+,15-12+,23-11-/t22-,24+,25+,26-,31-,33?,34?,39-,40+,41+,48-/m0/s1. The number of Topliss-reactive ketones (excluding diaryl/α,β-unsaturated/α-hetero) is 1. The molecule has 0 aromatic rings. The van der Waals surface area contributed by atoms with Gasteiger partial charge >= 0.3 is 5.79 Å². The minimum atomic E-state index is -1.93. The fourth-order valence-corrected chi connectivity index (χ4v) is 9.96. The Hall–Kier alpha value is -5.30. The number of hydrogen-bond donors (Lipinski definition) is 6. The van der Waals surface area contributed by atoms with Gasteiger partial charge in [-0.05, 0) is 19.9 Å². The van der Waals surface area contributed by atoms with Crippen molar-refractivity contribution in [3.63, 3.8) is 0 Å². The second kappa shape index (κ2) is 17.8. The van der Waals surface area contributed by atoms with Crippen molar-refractivity contribution in [3.05, 3.63) is 98.4 Å². The highest BCUT2D eigenvalue weighted by atomic mass is 16.7. The zero-order valence-corrected chi connectivity index (χ0v) is 38.0. The molecule has 350 valence electrons. The van der Waals surface area contributed by atoms with Crippen molar-refractivity contribution >= 4 is 23.1 Å². The average molecular weight is 901 g/mol. The Morgan fingerprint density at radius 3 is 2.28 bits per heavy atom. The van der Waals surface area contributed by atoms with Crippen LogP contribution in [0.4, 0.5) is 5.69 Å². The third-order valence-electron chi connectivity index (χ3n) is 14.4. The van der Waals surface area contributed by atoms with E-state index in [9.17, 15) is 39.9 Å². The highest BCUT2D eigenvalue weighted by molar-refractivity contribution is 6.05. The minimum Gasteiger partial charge on any atom is -0.509 e. The van der Waals surface area contributed by atoms with Crippen LogP contribution in [0.3, 0.4) is 0 Å². The first-order chi connectivity index (χ1) is 30.9. The molecule has 4 bridgehead atoms. The van der Waals surface area contributed by atoms with Crippen LogP contribution in [-0.2, 0) is 28.5 Å². The first-order valence-corrected chi connectivity index (χ1v) is 22.3. The Kier molecular flexibility index (Phi) is 12.7. The number of hydrogen-bond acceptors (Lipinski definition) is 16. The van der Waals surface area contributed by atoms with Crippen molar-refractivity contribution < 1.29 is 58.5 Å². The Bertz CT molecular complexity index is 2440. The molecular formula is C48H60N4O13. The minimum absolute atomic E-state index is 0.00782. The molecule has 0 saturated carbocycles. The summed E-state index contributed by atoms with van der Waals surface area (Å²) in [4.78, 5) is 51.7. The Labute approximate surface area is 377 Å². The van der Waals surface area contributed by atoms with E-state index in [-0.39, 0.29) is 51.1 Å². The van der Waals surface area contributed by atoms with Gasteiger partial charge in [0, 0.05) is 98.9 Å². The monoisotopic (exact) mass is 900 g/mol. The van der Waals surface area contributed by atoms with E-state index < -0.39 is 94.3 Å². The molecule has 5 aliphatic heterocycles. The maximum absolute atomic E-state index is 14.4. The molecule has 2 fully saturated rings. The Balaban J connectivity index is 1.25. The van der Waals surface area contributed by atoms with Crippen LogP contribution in [-0.4, -0.2) is 130 Å². The van der Waals surface area contributed by atoms with E-state index in [1.165, 1.54) is 45.4 Å². The lowest BCUT2D eigenvalue weighted by molar-refractivity contribution is -0.146. The number of nitrogens with one attached hydrogen (secondary N) is 1. The molecule has 0 aromatic heterocycles. The Morgan fingerprint density at radius 1 is 0.908 bits per heavy atom. The number of ether oxygens (including phenoxy) is 4. The number of rotatable bonds is 3. The summed E-state index contributed by atoms with van der Waals surface area (Å²) in [5.41, 5.74) is 0.142. The maximum Gasteiger partial charge on any atom is 0.306 e. The molecule has 65 heavy (non-hydrogen) atoms. The van der Waals surface area contributed by atoms with Crippen molar-refractivity contribution in [1.82, 2.24) is 15.2 Å². The summed E-state index contributed by atoms with van der Waals surface area (Å²) in [6, 6.07) is 3.46. The summed E-state index contributed by atoms with van der Waals surface area (Å²) in [6.07, 6.45) is 3.57. The molecule has 8 aliphatic rings. The molecule has 0 spiro atoms. The number of benzene rings is 1. The second-order valence-electron chi connectivity index (χ2n) is 18.5. The zero-order valence-electron chi connectivity index (χ0n) is 38.0. The molecule has 0 radical (unpaired) electrons. The number of nitrogens with zero attached hydrogens (tertiary/aromatic N) is 3. The number of carbonyl (C=O) groups excluding carboxylic acids is 2. The summed E-state index contributed by atoms with van der Waals surface area (Å²) in [6.45, 7) is 15.7. The van der Waals surface area contributed by atoms with Crippen molar-refractivity contribution in [1.29, 1.82) is 0 Å². The van der Waals surface area contributed by atoms with E-state index >= 15 is 0 Å². The molecule has 5 heterocycles. The lowest BCUT2D eigenvalue weighted by atomic mass is 9.69. The number of aliphatic hydroxyl groups excluding tert-OH is 5. The fraction of sp³-hybridized carbons (Fsp3) is 0.542. The topological polar surface area (TPSA) is 234 Å². The van der Waals surface area contributed by atoms with E-state index in [1.807, 2.05) is 0 Å². The number of anilines is 1. The van der Waals surface area contributed by atoms with Gasteiger partial charge in [0.2, 0.25) is 5.43 Å². The molecule has 2 unspecified atom stereocenters. The summed E-state index contributed by atoms with van der Waals surface area (Å²) < 4.78 is 30.1. The number of aromatic nitrogens is 1. The van der Waals surface area contributed by atoms with Crippen LogP contribution in [0.5, 0.6) is 0 Å². The van der Waals surface area contributed by atoms with Crippen LogP contribution in [0.2, 0.25) is 0 Å². The summed E-state index contributed by atoms with van der Waals surface area (Å²) in [5.74, 6) is -9.43. The summed E-state index contributed by atoms with van der Waals surface area (Å²) in [7, 11) is 1.45. The molecule has 3 aliphatic carbocycles. The van der Waals surface area contributed by atoms with Crippen molar-refractivity contribution in [2.24, 2.45) is 29.6 Å². The zero-order chi connectivity index (χ0) is 46.8. The van der Waals surface area contributed by atoms with Gasteiger partial charge in [-0.15, -0.1) is 0 Å². The van der Waals surface area contributed by atoms with Crippen LogP contribution in [0.15, 0.2) is 85.9 Å². The highest BCUT2D eigenvalue weighted by Gasteiger charge is 2.58. The SMILES string of the molecule is CO[C@H]1/C=C/O[C@@]2(C)OC3=C(C)C(=O)C4C(O)=C(NC(=O)/C(C)=C\C=C\[C@H](C)[C@H](O)[C@@H](C)[C@@H](O)[C@@H](C)[C@H](O)[C@@H]1C)c1oc5cc(N6CC(N7CCOCC7)C6)cc(=O)c-5nc1C4C3=C2O. The third kappa shape index (κ3) is 8.09. The lowest BCUT2D eigenvalue weighted by Crippen LogP contribution is -2.61. The number of morpholine rings is 1. The molecule has 6 N–H and O–H groups in total. The maximum atomic E-state index is 14.4. The van der Waals surface area contributed by atoms with Crippen molar-refractivity contribution in [3.8, 4) is 11.5 Å². The molecule has 17 heteroatoms. The number of allylic oxidation sites excluding steroid dienone is 5. The van der Waals surface area contributed by atoms with Gasteiger partial charge in [-0.25, -0.2) is 4.98 Å². The molecule has 2 saturated heterocycles. The first kappa shape index (κ1) is 46.2. The summed E-state index contributed by atoms with van der Waals surface area (Å²) >= 11 is 0. The van der Waals surface area contributed by atoms with Crippen molar-refractivity contribution in [2.45, 2.75) is 90.6 Å². The molecule has 8 rings (SSSR count). The molecular weight excluding hydrogens is 841 g/mol. The first-order valence-electron chi connectivity index (χ1n) is 22.3. The van der Waals surface area contributed by atoms with Gasteiger partial charge in [0.05, 0.1) is 67.0 Å². The van der Waals surface area contributed by atoms with Gasteiger partial charge in [0.1, 0.15) is 17.2 Å². The number of methoxy groups -OCH3 is 1. The van der Waals surface area contributed by atoms with Gasteiger partial charge < -0.3 is 59.1 Å². The van der Waals surface area contributed by atoms with Gasteiger partial charge in [-0.3, -0.25) is 19.3 Å². The summed E-state index contributed by atoms with van der Waals surface area (Å²) in [5, 5.41) is 61.2. The fourth-order valence-electron chi connectivity index (χ4n) is 9.96. The van der Waals surface area contributed by atoms with Crippen molar-refractivity contribution in [2.75, 3.05) is 51.4 Å². The number of fused-ring (bicyclic) bond motifs is 2. The smallest absolute Gasteiger partial charge is 0.306 e. The largest absolute Gasteiger partial charge is 0.509 e. The van der Waals surface area contributed by atoms with Crippen LogP contribution in [0.25, 0.3) is 17.2 Å². The molecule has 1 amide bonds. The van der Waals surface area contributed by atoms with Gasteiger partial charge in [-0.2, -0.15) is 0 Å². The molecule has 17 nitrogen and oxygen atoms in total. The average Bonchev–Trinajstić information content (AvgIpc) is 3.54. The Morgan fingerprint density at radius 2 is 1.58 bits per heavy atom. The van der Waals surface area contributed by atoms with E-state index in [0.29, 0.717) is 38.0 Å². The predicted molar refractivity (Wildman–Crippen MR) is 237 cm³/mol. The number of amides is 1. The van der Waals surface area contributed by atoms with Gasteiger partial charge in [-0.1, -0.05) is 45.9 Å². The predicted octanol–water partition coefficient (Wildman–Crippen LogP) is 3.82. The van der Waals surface area contributed by atoms with E-state index in [1.54, 1.807) is 52.8 Å². The van der Waals surface area contributed by atoms with E-state index in [4.69, 9.17) is 28.3 Å². The molecule has 11 atom stereocenters. The van der Waals surface area contributed by atoms with Crippen LogP contribution in [0, 0.1) is 29.6 Å².